The molecule has 0 aliphatic carbocycles. The molecule has 1 aromatic carbocycles. The highest BCUT2D eigenvalue weighted by molar-refractivity contribution is 5.67. The molecule has 2 aromatic rings. The molecule has 1 N–H and O–H groups in total. The highest BCUT2D eigenvalue weighted by Gasteiger charge is 2.10. The standard InChI is InChI=1S/C10H8F2N2O/c1-15-10-7(5-13-14-10)6-2-3-8(11)9(12)4-6/h2-5H,1H3,(H,13,14). The Hall–Kier alpha value is -1.91. The second-order valence-corrected chi connectivity index (χ2v) is 2.95. The van der Waals surface area contributed by atoms with E-state index in [1.54, 1.807) is 0 Å². The summed E-state index contributed by atoms with van der Waals surface area (Å²) in [5.74, 6) is -1.35. The summed E-state index contributed by atoms with van der Waals surface area (Å²) < 4.78 is 30.6. The fraction of sp³-hybridized carbons (Fsp3) is 0.100. The van der Waals surface area contributed by atoms with E-state index >= 15 is 0 Å². The van der Waals surface area contributed by atoms with Gasteiger partial charge < -0.3 is 4.74 Å². The molecule has 5 heteroatoms. The van der Waals surface area contributed by atoms with E-state index in [-0.39, 0.29) is 0 Å². The van der Waals surface area contributed by atoms with Crippen molar-refractivity contribution in [2.24, 2.45) is 0 Å². The van der Waals surface area contributed by atoms with Crippen LogP contribution in [0.2, 0.25) is 0 Å². The molecular weight excluding hydrogens is 202 g/mol. The van der Waals surface area contributed by atoms with Gasteiger partial charge in [0.25, 0.3) is 0 Å². The van der Waals surface area contributed by atoms with E-state index in [1.807, 2.05) is 0 Å². The molecule has 2 rings (SSSR count). The molecule has 0 radical (unpaired) electrons. The molecule has 78 valence electrons. The molecule has 15 heavy (non-hydrogen) atoms. The molecule has 0 saturated carbocycles. The molecule has 0 unspecified atom stereocenters. The summed E-state index contributed by atoms with van der Waals surface area (Å²) in [5, 5.41) is 6.35. The quantitative estimate of drug-likeness (QED) is 0.826. The number of ether oxygens (including phenoxy) is 1. The predicted molar refractivity (Wildman–Crippen MR) is 50.5 cm³/mol. The monoisotopic (exact) mass is 210 g/mol. The van der Waals surface area contributed by atoms with Gasteiger partial charge in [-0.1, -0.05) is 6.07 Å². The molecule has 0 aliphatic heterocycles. The number of benzene rings is 1. The third-order valence-corrected chi connectivity index (χ3v) is 2.04. The van der Waals surface area contributed by atoms with E-state index in [0.29, 0.717) is 17.0 Å². The highest BCUT2D eigenvalue weighted by Crippen LogP contribution is 2.28. The second-order valence-electron chi connectivity index (χ2n) is 2.95. The minimum absolute atomic E-state index is 0.418. The van der Waals surface area contributed by atoms with Crippen LogP contribution in [0.1, 0.15) is 0 Å². The van der Waals surface area contributed by atoms with Crippen LogP contribution in [0.15, 0.2) is 24.4 Å². The number of nitrogens with zero attached hydrogens (tertiary/aromatic N) is 1. The van der Waals surface area contributed by atoms with Gasteiger partial charge in [-0.3, -0.25) is 0 Å². The molecular formula is C10H8F2N2O. The fourth-order valence-electron chi connectivity index (χ4n) is 1.30. The van der Waals surface area contributed by atoms with Crippen molar-refractivity contribution >= 4 is 0 Å². The van der Waals surface area contributed by atoms with Crippen LogP contribution in [-0.2, 0) is 0 Å². The van der Waals surface area contributed by atoms with Gasteiger partial charge >= 0.3 is 0 Å². The zero-order chi connectivity index (χ0) is 10.8. The number of methoxy groups -OCH3 is 1. The Bertz CT molecular complexity index is 482. The van der Waals surface area contributed by atoms with E-state index in [2.05, 4.69) is 10.2 Å². The van der Waals surface area contributed by atoms with Gasteiger partial charge in [-0.25, -0.2) is 13.9 Å². The largest absolute Gasteiger partial charge is 0.481 e. The Kier molecular flexibility index (Phi) is 2.37. The van der Waals surface area contributed by atoms with Crippen molar-refractivity contribution in [2.75, 3.05) is 7.11 Å². The van der Waals surface area contributed by atoms with E-state index in [1.165, 1.54) is 19.4 Å². The summed E-state index contributed by atoms with van der Waals surface area (Å²) in [6.45, 7) is 0. The van der Waals surface area contributed by atoms with Crippen LogP contribution in [0.3, 0.4) is 0 Å². The maximum atomic E-state index is 13.0. The molecule has 0 amide bonds. The van der Waals surface area contributed by atoms with Crippen molar-refractivity contribution < 1.29 is 13.5 Å². The average molecular weight is 210 g/mol. The second kappa shape index (κ2) is 3.68. The summed E-state index contributed by atoms with van der Waals surface area (Å²) in [6, 6.07) is 3.63. The van der Waals surface area contributed by atoms with Gasteiger partial charge in [0.1, 0.15) is 0 Å². The zero-order valence-electron chi connectivity index (χ0n) is 7.92. The van der Waals surface area contributed by atoms with Gasteiger partial charge in [-0.05, 0) is 17.7 Å². The first-order valence-corrected chi connectivity index (χ1v) is 4.25. The molecule has 0 spiro atoms. The molecule has 0 aliphatic rings. The van der Waals surface area contributed by atoms with Crippen molar-refractivity contribution in [3.63, 3.8) is 0 Å². The van der Waals surface area contributed by atoms with Gasteiger partial charge in [-0.2, -0.15) is 5.10 Å². The van der Waals surface area contributed by atoms with Crippen molar-refractivity contribution in [1.29, 1.82) is 0 Å². The van der Waals surface area contributed by atoms with Crippen LogP contribution in [0.5, 0.6) is 5.88 Å². The van der Waals surface area contributed by atoms with E-state index in [0.717, 1.165) is 12.1 Å². The fourth-order valence-corrected chi connectivity index (χ4v) is 1.30. The van der Waals surface area contributed by atoms with Gasteiger partial charge in [0, 0.05) is 0 Å². The third kappa shape index (κ3) is 1.68. The normalized spacial score (nSPS) is 10.3. The maximum absolute atomic E-state index is 13.0. The SMILES string of the molecule is COc1[nH]ncc1-c1ccc(F)c(F)c1. The van der Waals surface area contributed by atoms with E-state index in [9.17, 15) is 8.78 Å². The lowest BCUT2D eigenvalue weighted by Crippen LogP contribution is -1.88. The van der Waals surface area contributed by atoms with Crippen molar-refractivity contribution in [2.45, 2.75) is 0 Å². The number of hydrogen-bond donors (Lipinski definition) is 1. The number of aromatic amines is 1. The topological polar surface area (TPSA) is 37.9 Å². The highest BCUT2D eigenvalue weighted by atomic mass is 19.2. The molecule has 0 fully saturated rings. The Morgan fingerprint density at radius 3 is 2.73 bits per heavy atom. The van der Waals surface area contributed by atoms with Gasteiger partial charge in [0.15, 0.2) is 11.6 Å². The summed E-state index contributed by atoms with van der Waals surface area (Å²) in [6.07, 6.45) is 1.49. The van der Waals surface area contributed by atoms with Crippen LogP contribution >= 0.6 is 0 Å². The van der Waals surface area contributed by atoms with E-state index in [4.69, 9.17) is 4.74 Å². The van der Waals surface area contributed by atoms with Crippen molar-refractivity contribution in [3.8, 4) is 17.0 Å². The van der Waals surface area contributed by atoms with Gasteiger partial charge in [-0.15, -0.1) is 0 Å². The molecule has 0 saturated heterocycles. The number of H-pyrrole nitrogens is 1. The maximum Gasteiger partial charge on any atom is 0.216 e. The van der Waals surface area contributed by atoms with Gasteiger partial charge in [0.2, 0.25) is 5.88 Å². The summed E-state index contributed by atoms with van der Waals surface area (Å²) in [5.41, 5.74) is 1.11. The van der Waals surface area contributed by atoms with Crippen LogP contribution < -0.4 is 4.74 Å². The van der Waals surface area contributed by atoms with Crippen LogP contribution in [0.25, 0.3) is 11.1 Å². The zero-order valence-corrected chi connectivity index (χ0v) is 7.92. The van der Waals surface area contributed by atoms with Crippen LogP contribution in [0, 0.1) is 11.6 Å². The van der Waals surface area contributed by atoms with Crippen LogP contribution in [-0.4, -0.2) is 17.3 Å². The first kappa shape index (κ1) is 9.64. The summed E-state index contributed by atoms with van der Waals surface area (Å²) in [4.78, 5) is 0. The first-order valence-electron chi connectivity index (χ1n) is 4.25. The Morgan fingerprint density at radius 2 is 2.07 bits per heavy atom. The lowest BCUT2D eigenvalue weighted by atomic mass is 10.1. The van der Waals surface area contributed by atoms with E-state index < -0.39 is 11.6 Å². The minimum Gasteiger partial charge on any atom is -0.481 e. The number of aromatic nitrogens is 2. The molecule has 0 bridgehead atoms. The molecule has 1 aromatic heterocycles. The predicted octanol–water partition coefficient (Wildman–Crippen LogP) is 2.36. The minimum atomic E-state index is -0.893. The Morgan fingerprint density at radius 1 is 1.27 bits per heavy atom. The lowest BCUT2D eigenvalue weighted by molar-refractivity contribution is 0.398. The average Bonchev–Trinajstić information content (AvgIpc) is 2.70. The molecule has 1 heterocycles. The smallest absolute Gasteiger partial charge is 0.216 e. The molecule has 0 atom stereocenters. The first-order chi connectivity index (χ1) is 7.22. The van der Waals surface area contributed by atoms with Crippen LogP contribution in [0.4, 0.5) is 8.78 Å². The number of halogens is 2. The summed E-state index contributed by atoms with van der Waals surface area (Å²) >= 11 is 0. The number of rotatable bonds is 2. The third-order valence-electron chi connectivity index (χ3n) is 2.04. The Balaban J connectivity index is 2.50. The molecule has 3 nitrogen and oxygen atoms in total. The van der Waals surface area contributed by atoms with Crippen molar-refractivity contribution in [1.82, 2.24) is 10.2 Å². The number of hydrogen-bond acceptors (Lipinski definition) is 2. The van der Waals surface area contributed by atoms with Gasteiger partial charge in [0.05, 0.1) is 18.9 Å². The number of nitrogens with one attached hydrogen (secondary N) is 1. The summed E-state index contributed by atoms with van der Waals surface area (Å²) in [7, 11) is 1.47. The Labute approximate surface area is 84.7 Å². The van der Waals surface area contributed by atoms with Crippen molar-refractivity contribution in [3.05, 3.63) is 36.0 Å². The lowest BCUT2D eigenvalue weighted by Gasteiger charge is -2.01.